The van der Waals surface area contributed by atoms with E-state index in [9.17, 15) is 0 Å². The highest BCUT2D eigenvalue weighted by molar-refractivity contribution is 4.95. The molecule has 0 unspecified atom stereocenters. The van der Waals surface area contributed by atoms with Gasteiger partial charge in [-0.25, -0.2) is 0 Å². The van der Waals surface area contributed by atoms with Crippen LogP contribution in [0.2, 0.25) is 0 Å². The first-order chi connectivity index (χ1) is 4.84. The van der Waals surface area contributed by atoms with Crippen LogP contribution in [0.1, 0.15) is 39.5 Å². The Kier molecular flexibility index (Phi) is 2.98. The third-order valence-corrected chi connectivity index (χ3v) is 2.59. The second kappa shape index (κ2) is 3.80. The topological polar surface area (TPSA) is 0 Å². The van der Waals surface area contributed by atoms with E-state index in [0.717, 1.165) is 11.8 Å². The molecule has 0 nitrogen and oxygen atoms in total. The summed E-state index contributed by atoms with van der Waals surface area (Å²) in [6.45, 7) is 4.67. The van der Waals surface area contributed by atoms with E-state index in [2.05, 4.69) is 26.0 Å². The van der Waals surface area contributed by atoms with Crippen molar-refractivity contribution in [2.45, 2.75) is 39.5 Å². The SMILES string of the molecule is CCC[C@H](C)C1CC=CC1. The molecule has 0 heterocycles. The van der Waals surface area contributed by atoms with Gasteiger partial charge in [0.2, 0.25) is 0 Å². The second-order valence-electron chi connectivity index (χ2n) is 3.47. The molecule has 0 saturated carbocycles. The van der Waals surface area contributed by atoms with Gasteiger partial charge in [-0.05, 0) is 24.7 Å². The van der Waals surface area contributed by atoms with Crippen LogP contribution in [0.5, 0.6) is 0 Å². The zero-order valence-corrected chi connectivity index (χ0v) is 7.14. The van der Waals surface area contributed by atoms with E-state index in [1.165, 1.54) is 25.7 Å². The zero-order valence-electron chi connectivity index (χ0n) is 7.14. The first kappa shape index (κ1) is 7.84. The molecule has 0 saturated heterocycles. The maximum atomic E-state index is 2.39. The van der Waals surface area contributed by atoms with Crippen molar-refractivity contribution in [1.82, 2.24) is 0 Å². The van der Waals surface area contributed by atoms with Crippen molar-refractivity contribution in [3.05, 3.63) is 12.2 Å². The molecule has 0 spiro atoms. The molecule has 1 aliphatic rings. The molecule has 0 fully saturated rings. The number of hydrogen-bond acceptors (Lipinski definition) is 0. The van der Waals surface area contributed by atoms with Crippen molar-refractivity contribution >= 4 is 0 Å². The van der Waals surface area contributed by atoms with Gasteiger partial charge in [0.15, 0.2) is 0 Å². The van der Waals surface area contributed by atoms with Gasteiger partial charge >= 0.3 is 0 Å². The third kappa shape index (κ3) is 1.86. The highest BCUT2D eigenvalue weighted by atomic mass is 14.2. The third-order valence-electron chi connectivity index (χ3n) is 2.59. The van der Waals surface area contributed by atoms with Gasteiger partial charge in [0, 0.05) is 0 Å². The minimum Gasteiger partial charge on any atom is -0.0882 e. The van der Waals surface area contributed by atoms with E-state index < -0.39 is 0 Å². The van der Waals surface area contributed by atoms with Gasteiger partial charge in [-0.2, -0.15) is 0 Å². The molecule has 0 aromatic heterocycles. The predicted molar refractivity (Wildman–Crippen MR) is 45.9 cm³/mol. The Bertz CT molecular complexity index is 105. The Balaban J connectivity index is 2.21. The van der Waals surface area contributed by atoms with E-state index >= 15 is 0 Å². The Hall–Kier alpha value is -0.260. The van der Waals surface area contributed by atoms with Gasteiger partial charge in [-0.15, -0.1) is 0 Å². The lowest BCUT2D eigenvalue weighted by Crippen LogP contribution is -2.06. The lowest BCUT2D eigenvalue weighted by atomic mass is 9.89. The van der Waals surface area contributed by atoms with Gasteiger partial charge in [-0.1, -0.05) is 38.8 Å². The summed E-state index contributed by atoms with van der Waals surface area (Å²) in [6.07, 6.45) is 10.1. The standard InChI is InChI=1S/C10H18/c1-3-6-9(2)10-7-4-5-8-10/h4-5,9-10H,3,6-8H2,1-2H3/t9-/m0/s1. The van der Waals surface area contributed by atoms with E-state index in [4.69, 9.17) is 0 Å². The largest absolute Gasteiger partial charge is 0.0882 e. The van der Waals surface area contributed by atoms with Crippen LogP contribution in [-0.4, -0.2) is 0 Å². The normalized spacial score (nSPS) is 21.8. The second-order valence-corrected chi connectivity index (χ2v) is 3.47. The summed E-state index contributed by atoms with van der Waals surface area (Å²) < 4.78 is 0. The summed E-state index contributed by atoms with van der Waals surface area (Å²) in [5.41, 5.74) is 0. The maximum Gasteiger partial charge on any atom is -0.0317 e. The van der Waals surface area contributed by atoms with Gasteiger partial charge in [-0.3, -0.25) is 0 Å². The van der Waals surface area contributed by atoms with Crippen LogP contribution in [0.25, 0.3) is 0 Å². The van der Waals surface area contributed by atoms with E-state index in [1.807, 2.05) is 0 Å². The summed E-state index contributed by atoms with van der Waals surface area (Å²) in [7, 11) is 0. The highest BCUT2D eigenvalue weighted by Gasteiger charge is 2.16. The average molecular weight is 138 g/mol. The van der Waals surface area contributed by atoms with E-state index in [1.54, 1.807) is 0 Å². The predicted octanol–water partition coefficient (Wildman–Crippen LogP) is 3.39. The quantitative estimate of drug-likeness (QED) is 0.524. The lowest BCUT2D eigenvalue weighted by Gasteiger charge is -2.17. The fourth-order valence-electron chi connectivity index (χ4n) is 1.79. The van der Waals surface area contributed by atoms with Crippen molar-refractivity contribution in [2.24, 2.45) is 11.8 Å². The molecule has 10 heavy (non-hydrogen) atoms. The van der Waals surface area contributed by atoms with E-state index in [0.29, 0.717) is 0 Å². The molecule has 0 aliphatic heterocycles. The van der Waals surface area contributed by atoms with Crippen molar-refractivity contribution in [2.75, 3.05) is 0 Å². The van der Waals surface area contributed by atoms with Crippen LogP contribution in [0, 0.1) is 11.8 Å². The Morgan fingerprint density at radius 2 is 2.00 bits per heavy atom. The molecule has 0 amide bonds. The lowest BCUT2D eigenvalue weighted by molar-refractivity contribution is 0.352. The van der Waals surface area contributed by atoms with Gasteiger partial charge < -0.3 is 0 Å². The minimum atomic E-state index is 0.944. The summed E-state index contributed by atoms with van der Waals surface area (Å²) in [5, 5.41) is 0. The number of hydrogen-bond donors (Lipinski definition) is 0. The highest BCUT2D eigenvalue weighted by Crippen LogP contribution is 2.28. The molecule has 0 aromatic carbocycles. The van der Waals surface area contributed by atoms with Gasteiger partial charge in [0.25, 0.3) is 0 Å². The van der Waals surface area contributed by atoms with Crippen LogP contribution < -0.4 is 0 Å². The van der Waals surface area contributed by atoms with E-state index in [-0.39, 0.29) is 0 Å². The molecule has 1 aliphatic carbocycles. The van der Waals surface area contributed by atoms with Crippen LogP contribution in [0.4, 0.5) is 0 Å². The molecule has 1 rings (SSSR count). The molecular weight excluding hydrogens is 120 g/mol. The summed E-state index contributed by atoms with van der Waals surface area (Å²) in [4.78, 5) is 0. The Morgan fingerprint density at radius 1 is 1.40 bits per heavy atom. The van der Waals surface area contributed by atoms with Gasteiger partial charge in [0.1, 0.15) is 0 Å². The fraction of sp³-hybridized carbons (Fsp3) is 0.800. The zero-order chi connectivity index (χ0) is 7.40. The molecular formula is C10H18. The summed E-state index contributed by atoms with van der Waals surface area (Å²) in [5.74, 6) is 1.92. The molecule has 0 radical (unpaired) electrons. The molecule has 0 N–H and O–H groups in total. The smallest absolute Gasteiger partial charge is 0.0317 e. The molecule has 1 atom stereocenters. The van der Waals surface area contributed by atoms with Crippen molar-refractivity contribution in [1.29, 1.82) is 0 Å². The maximum absolute atomic E-state index is 2.39. The van der Waals surface area contributed by atoms with Crippen LogP contribution in [0.3, 0.4) is 0 Å². The van der Waals surface area contributed by atoms with Crippen molar-refractivity contribution < 1.29 is 0 Å². The molecule has 0 heteroatoms. The van der Waals surface area contributed by atoms with Crippen molar-refractivity contribution in [3.63, 3.8) is 0 Å². The Morgan fingerprint density at radius 3 is 2.50 bits per heavy atom. The number of rotatable bonds is 3. The Labute approximate surface area is 64.3 Å². The van der Waals surface area contributed by atoms with Crippen LogP contribution in [0.15, 0.2) is 12.2 Å². The molecule has 58 valence electrons. The first-order valence-corrected chi connectivity index (χ1v) is 4.49. The molecule has 0 bridgehead atoms. The van der Waals surface area contributed by atoms with Gasteiger partial charge in [0.05, 0.1) is 0 Å². The average Bonchev–Trinajstić information content (AvgIpc) is 2.38. The molecule has 0 aromatic rings. The van der Waals surface area contributed by atoms with Crippen molar-refractivity contribution in [3.8, 4) is 0 Å². The first-order valence-electron chi connectivity index (χ1n) is 4.49. The minimum absolute atomic E-state index is 0.944. The summed E-state index contributed by atoms with van der Waals surface area (Å²) in [6, 6.07) is 0. The van der Waals surface area contributed by atoms with Crippen LogP contribution in [-0.2, 0) is 0 Å². The fourth-order valence-corrected chi connectivity index (χ4v) is 1.79. The number of allylic oxidation sites excluding steroid dienone is 2. The monoisotopic (exact) mass is 138 g/mol. The summed E-state index contributed by atoms with van der Waals surface area (Å²) >= 11 is 0. The van der Waals surface area contributed by atoms with Crippen LogP contribution >= 0.6 is 0 Å².